The molecule has 33 heavy (non-hydrogen) atoms. The fourth-order valence-electron chi connectivity index (χ4n) is 8.50. The minimum absolute atomic E-state index is 0.225. The van der Waals surface area contributed by atoms with Gasteiger partial charge in [-0.3, -0.25) is 4.79 Å². The van der Waals surface area contributed by atoms with Crippen molar-refractivity contribution in [3.05, 3.63) is 46.5 Å². The molecule has 1 spiro atoms. The Kier molecular flexibility index (Phi) is 4.44. The van der Waals surface area contributed by atoms with E-state index in [0.717, 1.165) is 50.9 Å². The van der Waals surface area contributed by atoms with Gasteiger partial charge < -0.3 is 14.6 Å². The van der Waals surface area contributed by atoms with E-state index in [2.05, 4.69) is 31.2 Å². The first kappa shape index (κ1) is 20.8. The molecule has 1 aromatic rings. The summed E-state index contributed by atoms with van der Waals surface area (Å²) in [6.07, 6.45) is 9.21. The van der Waals surface area contributed by atoms with Crippen molar-refractivity contribution in [2.45, 2.75) is 94.4 Å². The monoisotopic (exact) mass is 448 g/mol. The van der Waals surface area contributed by atoms with Gasteiger partial charge in [-0.15, -0.1) is 0 Å². The molecule has 1 heterocycles. The topological polar surface area (TPSA) is 55.8 Å². The van der Waals surface area contributed by atoms with Crippen LogP contribution < -0.4 is 0 Å². The minimum atomic E-state index is -0.836. The molecule has 0 bridgehead atoms. The number of allylic oxidation sites excluding steroid dienone is 1. The molecule has 1 saturated heterocycles. The molecule has 5 atom stereocenters. The zero-order valence-electron chi connectivity index (χ0n) is 19.8. The van der Waals surface area contributed by atoms with Gasteiger partial charge in [-0.05, 0) is 79.4 Å². The van der Waals surface area contributed by atoms with E-state index in [0.29, 0.717) is 37.3 Å². The number of carbonyl (C=O) groups is 1. The first-order valence-electron chi connectivity index (χ1n) is 13.3. The highest BCUT2D eigenvalue weighted by Crippen LogP contribution is 2.64. The number of hydrogen-bond donors (Lipinski definition) is 1. The van der Waals surface area contributed by atoms with Gasteiger partial charge in [-0.25, -0.2) is 0 Å². The van der Waals surface area contributed by atoms with Gasteiger partial charge >= 0.3 is 0 Å². The Bertz CT molecular complexity index is 1010. The standard InChI is InChI=1S/C29H36O4/c1-27-16-22(20-6-4-19(5-7-20)18-2-3-18)26-21(23(27)8-9-25(27)30)10-12-28(31)17-29(13-11-24(26)28)32-14-15-33-29/h4-7,18,21-23,31H,2-3,8-17H2,1H3/t21?,22?,23?,27-,28+/m0/s1. The van der Waals surface area contributed by atoms with Crippen LogP contribution >= 0.6 is 0 Å². The van der Waals surface area contributed by atoms with Crippen LogP contribution in [-0.4, -0.2) is 35.5 Å². The van der Waals surface area contributed by atoms with Gasteiger partial charge in [0.15, 0.2) is 5.79 Å². The largest absolute Gasteiger partial charge is 0.385 e. The summed E-state index contributed by atoms with van der Waals surface area (Å²) in [6.45, 7) is 3.50. The fourth-order valence-corrected chi connectivity index (χ4v) is 8.50. The van der Waals surface area contributed by atoms with E-state index in [9.17, 15) is 9.90 Å². The summed E-state index contributed by atoms with van der Waals surface area (Å²) in [5.41, 5.74) is 4.48. The van der Waals surface area contributed by atoms with Crippen LogP contribution in [0.25, 0.3) is 0 Å². The number of Topliss-reactive ketones (excluding diaryl/α,β-unsaturated/α-hetero) is 1. The lowest BCUT2D eigenvalue weighted by molar-refractivity contribution is -0.208. The normalized spacial score (nSPS) is 41.8. The molecule has 7 rings (SSSR count). The van der Waals surface area contributed by atoms with Crippen LogP contribution in [0.15, 0.2) is 35.4 Å². The molecule has 0 amide bonds. The average molecular weight is 449 g/mol. The first-order valence-corrected chi connectivity index (χ1v) is 13.3. The minimum Gasteiger partial charge on any atom is -0.385 e. The summed E-state index contributed by atoms with van der Waals surface area (Å²) in [5, 5.41) is 12.0. The molecular weight excluding hydrogens is 412 g/mol. The van der Waals surface area contributed by atoms with E-state index in [1.807, 2.05) is 0 Å². The van der Waals surface area contributed by atoms with Crippen molar-refractivity contribution in [3.63, 3.8) is 0 Å². The van der Waals surface area contributed by atoms with Crippen molar-refractivity contribution in [1.29, 1.82) is 0 Å². The number of aliphatic hydroxyl groups is 1. The van der Waals surface area contributed by atoms with E-state index < -0.39 is 11.4 Å². The van der Waals surface area contributed by atoms with Crippen molar-refractivity contribution in [3.8, 4) is 0 Å². The van der Waals surface area contributed by atoms with E-state index in [4.69, 9.17) is 9.47 Å². The Morgan fingerprint density at radius 2 is 1.67 bits per heavy atom. The van der Waals surface area contributed by atoms with Crippen LogP contribution in [0.1, 0.15) is 94.1 Å². The lowest BCUT2D eigenvalue weighted by Gasteiger charge is -2.55. The summed E-state index contributed by atoms with van der Waals surface area (Å²) >= 11 is 0. The second-order valence-electron chi connectivity index (χ2n) is 12.1. The smallest absolute Gasteiger partial charge is 0.171 e. The molecule has 1 aliphatic heterocycles. The van der Waals surface area contributed by atoms with Crippen LogP contribution in [0.5, 0.6) is 0 Å². The molecule has 176 valence electrons. The summed E-state index contributed by atoms with van der Waals surface area (Å²) < 4.78 is 12.1. The molecule has 0 radical (unpaired) electrons. The third-order valence-corrected chi connectivity index (χ3v) is 10.3. The first-order chi connectivity index (χ1) is 15.9. The Hall–Kier alpha value is -1.49. The Balaban J connectivity index is 1.33. The molecule has 6 aliphatic rings. The Labute approximate surface area is 196 Å². The van der Waals surface area contributed by atoms with E-state index in [1.165, 1.54) is 35.1 Å². The van der Waals surface area contributed by atoms with Gasteiger partial charge in [-0.2, -0.15) is 0 Å². The number of hydrogen-bond acceptors (Lipinski definition) is 4. The van der Waals surface area contributed by atoms with Crippen LogP contribution in [-0.2, 0) is 14.3 Å². The van der Waals surface area contributed by atoms with Gasteiger partial charge in [0.25, 0.3) is 0 Å². The van der Waals surface area contributed by atoms with Crippen molar-refractivity contribution in [2.24, 2.45) is 17.3 Å². The highest BCUT2D eigenvalue weighted by molar-refractivity contribution is 5.87. The van der Waals surface area contributed by atoms with Crippen molar-refractivity contribution < 1.29 is 19.4 Å². The van der Waals surface area contributed by atoms with Crippen LogP contribution in [0.4, 0.5) is 0 Å². The average Bonchev–Trinajstić information content (AvgIpc) is 3.50. The molecule has 4 nitrogen and oxygen atoms in total. The predicted octanol–water partition coefficient (Wildman–Crippen LogP) is 5.40. The number of benzene rings is 1. The maximum Gasteiger partial charge on any atom is 0.171 e. The molecule has 1 N–H and O–H groups in total. The lowest BCUT2D eigenvalue weighted by Crippen LogP contribution is -2.53. The quantitative estimate of drug-likeness (QED) is 0.616. The third-order valence-electron chi connectivity index (χ3n) is 10.3. The Morgan fingerprint density at radius 1 is 0.939 bits per heavy atom. The number of ether oxygens (including phenoxy) is 2. The predicted molar refractivity (Wildman–Crippen MR) is 125 cm³/mol. The molecule has 5 aliphatic carbocycles. The van der Waals surface area contributed by atoms with Gasteiger partial charge in [0.1, 0.15) is 5.78 Å². The zero-order valence-corrected chi connectivity index (χ0v) is 19.8. The van der Waals surface area contributed by atoms with E-state index in [-0.39, 0.29) is 11.3 Å². The SMILES string of the molecule is C[C@]12CC(c3ccc(C4CC4)cc3)C3=C4CCC5(C[C@]4(O)CCC3C1CCC2=O)OCCO5. The van der Waals surface area contributed by atoms with Crippen molar-refractivity contribution in [1.82, 2.24) is 0 Å². The van der Waals surface area contributed by atoms with E-state index >= 15 is 0 Å². The van der Waals surface area contributed by atoms with Crippen LogP contribution in [0.2, 0.25) is 0 Å². The van der Waals surface area contributed by atoms with Crippen molar-refractivity contribution >= 4 is 5.78 Å². The molecular formula is C29H36O4. The maximum absolute atomic E-state index is 13.2. The molecule has 1 aromatic carbocycles. The lowest BCUT2D eigenvalue weighted by atomic mass is 9.51. The van der Waals surface area contributed by atoms with Crippen LogP contribution in [0.3, 0.4) is 0 Å². The third kappa shape index (κ3) is 3.03. The van der Waals surface area contributed by atoms with Gasteiger partial charge in [-0.1, -0.05) is 36.8 Å². The summed E-state index contributed by atoms with van der Waals surface area (Å²) in [5.74, 6) is 1.69. The summed E-state index contributed by atoms with van der Waals surface area (Å²) in [6, 6.07) is 9.30. The highest BCUT2D eigenvalue weighted by Gasteiger charge is 2.60. The van der Waals surface area contributed by atoms with Crippen LogP contribution in [0, 0.1) is 17.3 Å². The molecule has 5 fully saturated rings. The van der Waals surface area contributed by atoms with E-state index in [1.54, 1.807) is 0 Å². The number of fused-ring (bicyclic) bond motifs is 4. The zero-order chi connectivity index (χ0) is 22.4. The molecule has 4 saturated carbocycles. The molecule has 3 unspecified atom stereocenters. The molecule has 0 aromatic heterocycles. The second-order valence-corrected chi connectivity index (χ2v) is 12.1. The highest BCUT2D eigenvalue weighted by atomic mass is 16.7. The maximum atomic E-state index is 13.2. The number of ketones is 1. The summed E-state index contributed by atoms with van der Waals surface area (Å²) in [4.78, 5) is 13.2. The number of carbonyl (C=O) groups excluding carboxylic acids is 1. The number of rotatable bonds is 2. The fraction of sp³-hybridized carbons (Fsp3) is 0.690. The molecule has 4 heteroatoms. The Morgan fingerprint density at radius 3 is 2.39 bits per heavy atom. The van der Waals surface area contributed by atoms with Gasteiger partial charge in [0.05, 0.1) is 18.8 Å². The summed E-state index contributed by atoms with van der Waals surface area (Å²) in [7, 11) is 0. The van der Waals surface area contributed by atoms with Crippen molar-refractivity contribution in [2.75, 3.05) is 13.2 Å². The second kappa shape index (κ2) is 7.02. The van der Waals surface area contributed by atoms with Gasteiger partial charge in [0.2, 0.25) is 0 Å². The van der Waals surface area contributed by atoms with Gasteiger partial charge in [0, 0.05) is 30.6 Å².